The molecular formula is C21H21N3O3. The number of imide groups is 1. The van der Waals surface area contributed by atoms with Crippen LogP contribution in [0.4, 0.5) is 11.4 Å². The Morgan fingerprint density at radius 1 is 0.852 bits per heavy atom. The van der Waals surface area contributed by atoms with E-state index in [0.717, 1.165) is 36.5 Å². The van der Waals surface area contributed by atoms with Crippen LogP contribution in [0, 0.1) is 0 Å². The molecule has 0 saturated carbocycles. The van der Waals surface area contributed by atoms with Gasteiger partial charge in [0.25, 0.3) is 11.8 Å². The van der Waals surface area contributed by atoms with Gasteiger partial charge in [0.2, 0.25) is 5.91 Å². The second-order valence-electron chi connectivity index (χ2n) is 6.86. The third-order valence-corrected chi connectivity index (χ3v) is 5.05. The molecule has 0 unspecified atom stereocenters. The zero-order valence-electron chi connectivity index (χ0n) is 15.0. The van der Waals surface area contributed by atoms with E-state index in [1.165, 1.54) is 6.42 Å². The maximum absolute atomic E-state index is 12.6. The van der Waals surface area contributed by atoms with Gasteiger partial charge in [-0.3, -0.25) is 19.3 Å². The molecule has 0 radical (unpaired) electrons. The summed E-state index contributed by atoms with van der Waals surface area (Å²) in [6.45, 7) is 1.64. The zero-order chi connectivity index (χ0) is 18.8. The molecule has 0 aliphatic carbocycles. The number of anilines is 2. The predicted molar refractivity (Wildman–Crippen MR) is 103 cm³/mol. The minimum atomic E-state index is -0.421. The first kappa shape index (κ1) is 17.3. The van der Waals surface area contributed by atoms with Crippen LogP contribution < -0.4 is 10.2 Å². The van der Waals surface area contributed by atoms with E-state index in [9.17, 15) is 14.4 Å². The Balaban J connectivity index is 1.48. The molecule has 2 aliphatic heterocycles. The van der Waals surface area contributed by atoms with Gasteiger partial charge in [-0.1, -0.05) is 24.3 Å². The summed E-state index contributed by atoms with van der Waals surface area (Å²) in [7, 11) is 0. The van der Waals surface area contributed by atoms with Gasteiger partial charge in [0.1, 0.15) is 6.54 Å². The van der Waals surface area contributed by atoms with Crippen molar-refractivity contribution >= 4 is 29.1 Å². The first-order chi connectivity index (χ1) is 13.1. The molecule has 138 valence electrons. The monoisotopic (exact) mass is 363 g/mol. The number of amides is 3. The van der Waals surface area contributed by atoms with E-state index in [4.69, 9.17) is 0 Å². The first-order valence-corrected chi connectivity index (χ1v) is 9.24. The maximum Gasteiger partial charge on any atom is 0.262 e. The quantitative estimate of drug-likeness (QED) is 0.848. The largest absolute Gasteiger partial charge is 0.370 e. The van der Waals surface area contributed by atoms with Gasteiger partial charge >= 0.3 is 0 Å². The molecule has 0 spiro atoms. The SMILES string of the molecule is O=C(CN1C(=O)c2ccccc2C1=O)Nc1ccccc1N1CCCCC1. The molecule has 6 nitrogen and oxygen atoms in total. The highest BCUT2D eigenvalue weighted by Gasteiger charge is 2.36. The molecule has 2 heterocycles. The third-order valence-electron chi connectivity index (χ3n) is 5.05. The van der Waals surface area contributed by atoms with Gasteiger partial charge < -0.3 is 10.2 Å². The van der Waals surface area contributed by atoms with Crippen molar-refractivity contribution in [2.45, 2.75) is 19.3 Å². The number of piperidine rings is 1. The van der Waals surface area contributed by atoms with Crippen molar-refractivity contribution in [2.24, 2.45) is 0 Å². The summed E-state index contributed by atoms with van der Waals surface area (Å²) < 4.78 is 0. The molecule has 0 bridgehead atoms. The number of para-hydroxylation sites is 2. The average molecular weight is 363 g/mol. The van der Waals surface area contributed by atoms with E-state index in [-0.39, 0.29) is 12.5 Å². The van der Waals surface area contributed by atoms with Crippen LogP contribution in [0.3, 0.4) is 0 Å². The summed E-state index contributed by atoms with van der Waals surface area (Å²) in [5.74, 6) is -1.22. The van der Waals surface area contributed by atoms with Crippen LogP contribution in [-0.2, 0) is 4.79 Å². The van der Waals surface area contributed by atoms with Gasteiger partial charge in [-0.25, -0.2) is 0 Å². The highest BCUT2D eigenvalue weighted by molar-refractivity contribution is 6.22. The van der Waals surface area contributed by atoms with Crippen molar-refractivity contribution in [3.63, 3.8) is 0 Å². The maximum atomic E-state index is 12.6. The van der Waals surface area contributed by atoms with Crippen LogP contribution in [0.5, 0.6) is 0 Å². The third kappa shape index (κ3) is 3.30. The topological polar surface area (TPSA) is 69.7 Å². The fourth-order valence-corrected chi connectivity index (χ4v) is 3.71. The van der Waals surface area contributed by atoms with Crippen LogP contribution >= 0.6 is 0 Å². The van der Waals surface area contributed by atoms with Gasteiger partial charge in [0, 0.05) is 13.1 Å². The summed E-state index contributed by atoms with van der Waals surface area (Å²) in [4.78, 5) is 40.7. The molecule has 0 atom stereocenters. The molecule has 2 aromatic carbocycles. The Kier molecular flexibility index (Phi) is 4.62. The Hall–Kier alpha value is -3.15. The number of carbonyl (C=O) groups is 3. The zero-order valence-corrected chi connectivity index (χ0v) is 15.0. The molecule has 6 heteroatoms. The number of hydrogen-bond acceptors (Lipinski definition) is 4. The van der Waals surface area contributed by atoms with Crippen molar-refractivity contribution in [1.29, 1.82) is 0 Å². The van der Waals surface area contributed by atoms with Gasteiger partial charge in [0.05, 0.1) is 22.5 Å². The number of nitrogens with zero attached hydrogens (tertiary/aromatic N) is 2. The molecule has 1 saturated heterocycles. The van der Waals surface area contributed by atoms with Gasteiger partial charge in [0.15, 0.2) is 0 Å². The van der Waals surface area contributed by atoms with Crippen LogP contribution in [0.1, 0.15) is 40.0 Å². The van der Waals surface area contributed by atoms with Crippen molar-refractivity contribution in [3.05, 3.63) is 59.7 Å². The highest BCUT2D eigenvalue weighted by atomic mass is 16.2. The van der Waals surface area contributed by atoms with Crippen LogP contribution in [0.25, 0.3) is 0 Å². The summed E-state index contributed by atoms with van der Waals surface area (Å²) in [5.41, 5.74) is 2.39. The molecule has 2 aliphatic rings. The Morgan fingerprint density at radius 2 is 1.44 bits per heavy atom. The van der Waals surface area contributed by atoms with E-state index in [1.54, 1.807) is 24.3 Å². The highest BCUT2D eigenvalue weighted by Crippen LogP contribution is 2.28. The average Bonchev–Trinajstić information content (AvgIpc) is 2.94. The molecule has 3 amide bonds. The Bertz CT molecular complexity index is 868. The summed E-state index contributed by atoms with van der Waals surface area (Å²) in [5, 5.41) is 2.88. The lowest BCUT2D eigenvalue weighted by Crippen LogP contribution is -2.37. The van der Waals surface area contributed by atoms with E-state index in [1.807, 2.05) is 24.3 Å². The molecule has 1 fully saturated rings. The molecule has 4 rings (SSSR count). The van der Waals surface area contributed by atoms with E-state index < -0.39 is 11.8 Å². The lowest BCUT2D eigenvalue weighted by atomic mass is 10.1. The number of carbonyl (C=O) groups excluding carboxylic acids is 3. The van der Waals surface area contributed by atoms with E-state index in [0.29, 0.717) is 16.8 Å². The van der Waals surface area contributed by atoms with Gasteiger partial charge in [-0.2, -0.15) is 0 Å². The molecule has 0 aromatic heterocycles. The normalized spacial score (nSPS) is 16.4. The smallest absolute Gasteiger partial charge is 0.262 e. The Morgan fingerprint density at radius 3 is 2.11 bits per heavy atom. The van der Waals surface area contributed by atoms with Gasteiger partial charge in [-0.15, -0.1) is 0 Å². The van der Waals surface area contributed by atoms with Crippen LogP contribution in [-0.4, -0.2) is 42.3 Å². The number of nitrogens with one attached hydrogen (secondary N) is 1. The van der Waals surface area contributed by atoms with Crippen LogP contribution in [0.2, 0.25) is 0 Å². The molecule has 1 N–H and O–H groups in total. The lowest BCUT2D eigenvalue weighted by Gasteiger charge is -2.30. The van der Waals surface area contributed by atoms with Crippen LogP contribution in [0.15, 0.2) is 48.5 Å². The number of benzene rings is 2. The van der Waals surface area contributed by atoms with E-state index in [2.05, 4.69) is 10.2 Å². The fraction of sp³-hybridized carbons (Fsp3) is 0.286. The minimum absolute atomic E-state index is 0.291. The number of fused-ring (bicyclic) bond motifs is 1. The second kappa shape index (κ2) is 7.23. The molecule has 2 aromatic rings. The van der Waals surface area contributed by atoms with Gasteiger partial charge in [-0.05, 0) is 43.5 Å². The van der Waals surface area contributed by atoms with Crippen molar-refractivity contribution in [3.8, 4) is 0 Å². The second-order valence-corrected chi connectivity index (χ2v) is 6.86. The predicted octanol–water partition coefficient (Wildman–Crippen LogP) is 2.91. The first-order valence-electron chi connectivity index (χ1n) is 9.24. The fourth-order valence-electron chi connectivity index (χ4n) is 3.71. The van der Waals surface area contributed by atoms with Crippen molar-refractivity contribution < 1.29 is 14.4 Å². The van der Waals surface area contributed by atoms with Crippen molar-refractivity contribution in [1.82, 2.24) is 4.90 Å². The number of rotatable bonds is 4. The summed E-state index contributed by atoms with van der Waals surface area (Å²) >= 11 is 0. The van der Waals surface area contributed by atoms with Crippen molar-refractivity contribution in [2.75, 3.05) is 29.9 Å². The summed E-state index contributed by atoms with van der Waals surface area (Å²) in [6, 6.07) is 14.3. The Labute approximate surface area is 157 Å². The van der Waals surface area contributed by atoms with E-state index >= 15 is 0 Å². The molecular weight excluding hydrogens is 342 g/mol. The standard InChI is InChI=1S/C21H21N3O3/c25-19(14-24-20(26)15-8-2-3-9-16(15)21(24)27)22-17-10-4-5-11-18(17)23-12-6-1-7-13-23/h2-5,8-11H,1,6-7,12-14H2,(H,22,25). The summed E-state index contributed by atoms with van der Waals surface area (Å²) in [6.07, 6.45) is 3.50. The minimum Gasteiger partial charge on any atom is -0.370 e. The molecule has 27 heavy (non-hydrogen) atoms. The lowest BCUT2D eigenvalue weighted by molar-refractivity contribution is -0.116. The number of hydrogen-bond donors (Lipinski definition) is 1.